The van der Waals surface area contributed by atoms with Crippen molar-refractivity contribution < 1.29 is 0 Å². The SMILES string of the molecule is Nc1c2c(cc3ccccc13)C(C1=CC=CC1)(c1ccccc1)c1ccccc1-2. The summed E-state index contributed by atoms with van der Waals surface area (Å²) in [7, 11) is 0. The lowest BCUT2D eigenvalue weighted by molar-refractivity contribution is 0.733. The topological polar surface area (TPSA) is 26.0 Å². The highest BCUT2D eigenvalue weighted by Gasteiger charge is 2.48. The molecular formula is C28H21N. The summed E-state index contributed by atoms with van der Waals surface area (Å²) in [6, 6.07) is 30.5. The van der Waals surface area contributed by atoms with Crippen LogP contribution in [0, 0.1) is 0 Å². The molecule has 0 radical (unpaired) electrons. The van der Waals surface area contributed by atoms with Gasteiger partial charge in [0.2, 0.25) is 0 Å². The van der Waals surface area contributed by atoms with Gasteiger partial charge in [0, 0.05) is 16.6 Å². The Kier molecular flexibility index (Phi) is 3.36. The molecule has 0 fully saturated rings. The lowest BCUT2D eigenvalue weighted by atomic mass is 9.66. The van der Waals surface area contributed by atoms with Crippen molar-refractivity contribution in [3.05, 3.63) is 125 Å². The fraction of sp³-hybridized carbons (Fsp3) is 0.0714. The Balaban J connectivity index is 1.83. The third-order valence-electron chi connectivity index (χ3n) is 6.55. The van der Waals surface area contributed by atoms with Gasteiger partial charge >= 0.3 is 0 Å². The highest BCUT2D eigenvalue weighted by molar-refractivity contribution is 6.06. The molecule has 0 amide bonds. The van der Waals surface area contributed by atoms with Crippen LogP contribution in [-0.4, -0.2) is 0 Å². The van der Waals surface area contributed by atoms with Gasteiger partial charge in [0.05, 0.1) is 5.41 Å². The maximum absolute atomic E-state index is 6.85. The smallest absolute Gasteiger partial charge is 0.0680 e. The van der Waals surface area contributed by atoms with Crippen LogP contribution in [0.3, 0.4) is 0 Å². The highest BCUT2D eigenvalue weighted by atomic mass is 14.6. The largest absolute Gasteiger partial charge is 0.398 e. The zero-order chi connectivity index (χ0) is 19.4. The van der Waals surface area contributed by atoms with Crippen molar-refractivity contribution in [2.45, 2.75) is 11.8 Å². The van der Waals surface area contributed by atoms with Gasteiger partial charge in [-0.1, -0.05) is 97.1 Å². The summed E-state index contributed by atoms with van der Waals surface area (Å²) in [6.45, 7) is 0. The van der Waals surface area contributed by atoms with Crippen molar-refractivity contribution >= 4 is 16.5 Å². The molecule has 0 saturated heterocycles. The molecule has 2 N–H and O–H groups in total. The van der Waals surface area contributed by atoms with E-state index < -0.39 is 0 Å². The van der Waals surface area contributed by atoms with Crippen molar-refractivity contribution in [1.29, 1.82) is 0 Å². The van der Waals surface area contributed by atoms with E-state index in [1.807, 2.05) is 0 Å². The number of anilines is 1. The predicted molar refractivity (Wildman–Crippen MR) is 122 cm³/mol. The third kappa shape index (κ3) is 2.05. The van der Waals surface area contributed by atoms with Crippen molar-refractivity contribution in [3.8, 4) is 11.1 Å². The summed E-state index contributed by atoms with van der Waals surface area (Å²) in [5.41, 5.74) is 15.2. The van der Waals surface area contributed by atoms with Crippen molar-refractivity contribution in [2.75, 3.05) is 5.73 Å². The predicted octanol–water partition coefficient (Wildman–Crippen LogP) is 6.62. The molecule has 0 spiro atoms. The zero-order valence-electron chi connectivity index (χ0n) is 16.1. The van der Waals surface area contributed by atoms with Crippen molar-refractivity contribution in [2.24, 2.45) is 0 Å². The molecule has 1 atom stereocenters. The molecule has 0 bridgehead atoms. The maximum Gasteiger partial charge on any atom is 0.0680 e. The fourth-order valence-electron chi connectivity index (χ4n) is 5.39. The molecule has 2 aliphatic rings. The van der Waals surface area contributed by atoms with Crippen LogP contribution < -0.4 is 5.73 Å². The maximum atomic E-state index is 6.85. The average Bonchev–Trinajstić information content (AvgIpc) is 3.40. The number of hydrogen-bond donors (Lipinski definition) is 1. The van der Waals surface area contributed by atoms with E-state index in [0.29, 0.717) is 0 Å². The Hall–Kier alpha value is -3.58. The van der Waals surface area contributed by atoms with Crippen LogP contribution in [0.1, 0.15) is 23.1 Å². The molecule has 1 unspecified atom stereocenters. The number of nitrogens with two attached hydrogens (primary N) is 1. The van der Waals surface area contributed by atoms with Crippen LogP contribution >= 0.6 is 0 Å². The zero-order valence-corrected chi connectivity index (χ0v) is 16.1. The molecular weight excluding hydrogens is 350 g/mol. The van der Waals surface area contributed by atoms with E-state index in [2.05, 4.69) is 103 Å². The molecule has 4 aromatic rings. The van der Waals surface area contributed by atoms with Crippen molar-refractivity contribution in [1.82, 2.24) is 0 Å². The molecule has 0 heterocycles. The number of hydrogen-bond acceptors (Lipinski definition) is 1. The van der Waals surface area contributed by atoms with Crippen LogP contribution in [0.15, 0.2) is 109 Å². The lowest BCUT2D eigenvalue weighted by Gasteiger charge is -2.35. The molecule has 1 nitrogen and oxygen atoms in total. The summed E-state index contributed by atoms with van der Waals surface area (Å²) in [5.74, 6) is 0. The van der Waals surface area contributed by atoms with Gasteiger partial charge in [-0.15, -0.1) is 0 Å². The summed E-state index contributed by atoms with van der Waals surface area (Å²) >= 11 is 0. The number of fused-ring (bicyclic) bond motifs is 4. The second-order valence-electron chi connectivity index (χ2n) is 7.92. The number of allylic oxidation sites excluding steroid dienone is 4. The Bertz CT molecular complexity index is 1330. The molecule has 29 heavy (non-hydrogen) atoms. The molecule has 0 aromatic heterocycles. The van der Waals surface area contributed by atoms with E-state index in [-0.39, 0.29) is 5.41 Å². The molecule has 0 aliphatic heterocycles. The van der Waals surface area contributed by atoms with E-state index in [1.54, 1.807) is 0 Å². The number of rotatable bonds is 2. The Morgan fingerprint density at radius 1 is 0.759 bits per heavy atom. The van der Waals surface area contributed by atoms with E-state index in [0.717, 1.165) is 17.5 Å². The van der Waals surface area contributed by atoms with Crippen LogP contribution in [0.2, 0.25) is 0 Å². The summed E-state index contributed by atoms with van der Waals surface area (Å²) in [6.07, 6.45) is 7.69. The van der Waals surface area contributed by atoms with E-state index in [9.17, 15) is 0 Å². The van der Waals surface area contributed by atoms with Gasteiger partial charge < -0.3 is 5.73 Å². The third-order valence-corrected chi connectivity index (χ3v) is 6.55. The van der Waals surface area contributed by atoms with Crippen LogP contribution in [-0.2, 0) is 5.41 Å². The van der Waals surface area contributed by atoms with Crippen molar-refractivity contribution in [3.63, 3.8) is 0 Å². The fourth-order valence-corrected chi connectivity index (χ4v) is 5.39. The number of nitrogen functional groups attached to an aromatic ring is 1. The molecule has 4 aromatic carbocycles. The average molecular weight is 371 g/mol. The minimum absolute atomic E-state index is 0.311. The van der Waals surface area contributed by atoms with Gasteiger partial charge in [0.1, 0.15) is 0 Å². The normalized spacial score (nSPS) is 19.2. The minimum atomic E-state index is -0.311. The van der Waals surface area contributed by atoms with Gasteiger partial charge in [-0.05, 0) is 45.7 Å². The first-order valence-electron chi connectivity index (χ1n) is 10.1. The van der Waals surface area contributed by atoms with E-state index in [4.69, 9.17) is 5.73 Å². The molecule has 2 aliphatic carbocycles. The van der Waals surface area contributed by atoms with Gasteiger partial charge in [0.15, 0.2) is 0 Å². The van der Waals surface area contributed by atoms with Crippen LogP contribution in [0.5, 0.6) is 0 Å². The molecule has 138 valence electrons. The quantitative estimate of drug-likeness (QED) is 0.394. The van der Waals surface area contributed by atoms with E-state index >= 15 is 0 Å². The summed E-state index contributed by atoms with van der Waals surface area (Å²) in [4.78, 5) is 0. The Morgan fingerprint density at radius 3 is 2.34 bits per heavy atom. The first-order valence-corrected chi connectivity index (χ1v) is 10.1. The van der Waals surface area contributed by atoms with Crippen LogP contribution in [0.4, 0.5) is 5.69 Å². The Morgan fingerprint density at radius 2 is 1.52 bits per heavy atom. The first-order chi connectivity index (χ1) is 14.3. The van der Waals surface area contributed by atoms with Gasteiger partial charge in [0.25, 0.3) is 0 Å². The second kappa shape index (κ2) is 5.96. The second-order valence-corrected chi connectivity index (χ2v) is 7.92. The number of benzene rings is 4. The minimum Gasteiger partial charge on any atom is -0.398 e. The summed E-state index contributed by atoms with van der Waals surface area (Å²) < 4.78 is 0. The molecule has 1 heteroatoms. The van der Waals surface area contributed by atoms with Gasteiger partial charge in [-0.25, -0.2) is 0 Å². The van der Waals surface area contributed by atoms with Gasteiger partial charge in [-0.3, -0.25) is 0 Å². The van der Waals surface area contributed by atoms with E-state index in [1.165, 1.54) is 38.8 Å². The standard InChI is InChI=1S/C28H21N/c29-27-22-15-7-4-10-19(22)18-25-26(27)23-16-8-9-17-24(23)28(25,21-13-5-6-14-21)20-11-2-1-3-12-20/h1-13,15-18H,14,29H2. The summed E-state index contributed by atoms with van der Waals surface area (Å²) in [5, 5.41) is 2.33. The lowest BCUT2D eigenvalue weighted by Crippen LogP contribution is -2.29. The highest BCUT2D eigenvalue weighted by Crippen LogP contribution is 2.59. The van der Waals surface area contributed by atoms with Gasteiger partial charge in [-0.2, -0.15) is 0 Å². The molecule has 0 saturated carbocycles. The van der Waals surface area contributed by atoms with Crippen LogP contribution in [0.25, 0.3) is 21.9 Å². The first kappa shape index (κ1) is 16.4. The molecule has 6 rings (SSSR count). The Labute approximate surface area is 170 Å². The monoisotopic (exact) mass is 371 g/mol.